The van der Waals surface area contributed by atoms with Gasteiger partial charge in [0.25, 0.3) is 0 Å². The van der Waals surface area contributed by atoms with Gasteiger partial charge < -0.3 is 14.2 Å². The summed E-state index contributed by atoms with van der Waals surface area (Å²) in [6.07, 6.45) is 84.7. The minimum atomic E-state index is -0.763. The van der Waals surface area contributed by atoms with Gasteiger partial charge in [0.05, 0.1) is 0 Å². The lowest BCUT2D eigenvalue weighted by atomic mass is 10.0. The first-order valence-electron chi connectivity index (χ1n) is 36.7. The third-order valence-corrected chi connectivity index (χ3v) is 17.0. The van der Waals surface area contributed by atoms with Crippen molar-refractivity contribution in [2.24, 2.45) is 0 Å². The van der Waals surface area contributed by atoms with E-state index in [0.29, 0.717) is 19.3 Å². The maximum atomic E-state index is 12.9. The van der Waals surface area contributed by atoms with Gasteiger partial charge in [0, 0.05) is 19.3 Å². The predicted octanol–water partition coefficient (Wildman–Crippen LogP) is 25.2. The summed E-state index contributed by atoms with van der Waals surface area (Å²) in [4.78, 5) is 38.0. The Balaban J connectivity index is 3.88. The summed E-state index contributed by atoms with van der Waals surface area (Å²) in [5.74, 6) is -0.845. The summed E-state index contributed by atoms with van der Waals surface area (Å²) in [6, 6.07) is 0. The molecule has 0 heterocycles. The van der Waals surface area contributed by atoms with Crippen molar-refractivity contribution >= 4 is 17.9 Å². The summed E-state index contributed by atoms with van der Waals surface area (Å²) < 4.78 is 16.8. The van der Waals surface area contributed by atoms with E-state index < -0.39 is 6.10 Å². The fourth-order valence-corrected chi connectivity index (χ4v) is 11.5. The standard InChI is InChI=1S/C74H142O6/c1-4-7-10-13-15-17-19-21-23-25-27-29-31-33-35-36-37-38-39-41-42-44-46-48-50-52-54-56-58-61-64-67-73(76)79-70-71(69-78-72(75)66-63-60-12-9-6-3)80-74(77)68-65-62-59-57-55-53-51-49-47-45-43-40-34-32-30-28-26-24-22-20-18-16-14-11-8-5-2/h25,27,71H,4-24,26,28-70H2,1-3H3/b27-25-. The van der Waals surface area contributed by atoms with Gasteiger partial charge >= 0.3 is 17.9 Å². The van der Waals surface area contributed by atoms with Gasteiger partial charge in [-0.1, -0.05) is 373 Å². The lowest BCUT2D eigenvalue weighted by molar-refractivity contribution is -0.167. The number of hydrogen-bond donors (Lipinski definition) is 0. The maximum absolute atomic E-state index is 12.9. The molecule has 474 valence electrons. The van der Waals surface area contributed by atoms with Gasteiger partial charge in [-0.3, -0.25) is 14.4 Å². The molecule has 1 atom stereocenters. The molecule has 0 aromatic heterocycles. The molecule has 0 aliphatic carbocycles. The van der Waals surface area contributed by atoms with Gasteiger partial charge in [-0.15, -0.1) is 0 Å². The monoisotopic (exact) mass is 1130 g/mol. The van der Waals surface area contributed by atoms with Crippen molar-refractivity contribution in [3.05, 3.63) is 12.2 Å². The first-order valence-corrected chi connectivity index (χ1v) is 36.7. The Morgan fingerprint density at radius 3 is 0.625 bits per heavy atom. The molecular formula is C74H142O6. The molecule has 6 heteroatoms. The Hall–Kier alpha value is -1.85. The molecule has 6 nitrogen and oxygen atoms in total. The SMILES string of the molecule is CCCCCCCCCC/C=C\CCCCCCCCCCCCCCCCCCCCCC(=O)OCC(COC(=O)CCCCCCC)OC(=O)CCCCCCCCCCCCCCCCCCCCCCCCCCCC. The molecule has 0 saturated carbocycles. The van der Waals surface area contributed by atoms with Crippen LogP contribution in [-0.4, -0.2) is 37.2 Å². The average Bonchev–Trinajstić information content (AvgIpc) is 3.46. The van der Waals surface area contributed by atoms with Crippen LogP contribution in [0.4, 0.5) is 0 Å². The zero-order valence-electron chi connectivity index (χ0n) is 54.6. The van der Waals surface area contributed by atoms with Crippen LogP contribution in [0.1, 0.15) is 425 Å². The Labute approximate surface area is 501 Å². The minimum Gasteiger partial charge on any atom is -0.462 e. The van der Waals surface area contributed by atoms with E-state index in [4.69, 9.17) is 14.2 Å². The number of rotatable bonds is 69. The van der Waals surface area contributed by atoms with Gasteiger partial charge in [0.2, 0.25) is 0 Å². The number of carbonyl (C=O) groups is 3. The normalized spacial score (nSPS) is 12.0. The van der Waals surface area contributed by atoms with Crippen molar-refractivity contribution in [3.63, 3.8) is 0 Å². The Bertz CT molecular complexity index is 1250. The zero-order valence-corrected chi connectivity index (χ0v) is 54.6. The highest BCUT2D eigenvalue weighted by molar-refractivity contribution is 5.71. The number of unbranched alkanes of at least 4 members (excludes halogenated alkanes) is 56. The van der Waals surface area contributed by atoms with Gasteiger partial charge in [0.1, 0.15) is 13.2 Å². The van der Waals surface area contributed by atoms with Gasteiger partial charge in [-0.25, -0.2) is 0 Å². The number of carbonyl (C=O) groups excluding carboxylic acids is 3. The summed E-state index contributed by atoms with van der Waals surface area (Å²) >= 11 is 0. The summed E-state index contributed by atoms with van der Waals surface area (Å²) in [6.45, 7) is 6.64. The quantitative estimate of drug-likeness (QED) is 0.0261. The molecule has 0 saturated heterocycles. The maximum Gasteiger partial charge on any atom is 0.306 e. The summed E-state index contributed by atoms with van der Waals surface area (Å²) in [5.41, 5.74) is 0. The van der Waals surface area contributed by atoms with E-state index in [0.717, 1.165) is 64.2 Å². The zero-order chi connectivity index (χ0) is 57.8. The van der Waals surface area contributed by atoms with Crippen molar-refractivity contribution < 1.29 is 28.6 Å². The first kappa shape index (κ1) is 78.1. The smallest absolute Gasteiger partial charge is 0.306 e. The van der Waals surface area contributed by atoms with Crippen LogP contribution in [0.15, 0.2) is 12.2 Å². The van der Waals surface area contributed by atoms with E-state index in [1.807, 2.05) is 0 Å². The van der Waals surface area contributed by atoms with E-state index in [1.54, 1.807) is 0 Å². The van der Waals surface area contributed by atoms with E-state index in [2.05, 4.69) is 32.9 Å². The second kappa shape index (κ2) is 69.6. The number of ether oxygens (including phenoxy) is 3. The van der Waals surface area contributed by atoms with Crippen LogP contribution in [0.2, 0.25) is 0 Å². The van der Waals surface area contributed by atoms with Crippen LogP contribution < -0.4 is 0 Å². The Morgan fingerprint density at radius 1 is 0.237 bits per heavy atom. The molecule has 0 rings (SSSR count). The highest BCUT2D eigenvalue weighted by atomic mass is 16.6. The van der Waals surface area contributed by atoms with E-state index >= 15 is 0 Å². The topological polar surface area (TPSA) is 78.9 Å². The molecule has 0 aromatic carbocycles. The molecule has 80 heavy (non-hydrogen) atoms. The van der Waals surface area contributed by atoms with Gasteiger partial charge in [-0.2, -0.15) is 0 Å². The fourth-order valence-electron chi connectivity index (χ4n) is 11.5. The molecular weight excluding hydrogens is 985 g/mol. The molecule has 0 radical (unpaired) electrons. The molecule has 0 aromatic rings. The van der Waals surface area contributed by atoms with Crippen LogP contribution in [-0.2, 0) is 28.6 Å². The lowest BCUT2D eigenvalue weighted by Crippen LogP contribution is -2.30. The highest BCUT2D eigenvalue weighted by Gasteiger charge is 2.19. The van der Waals surface area contributed by atoms with E-state index in [-0.39, 0.29) is 31.1 Å². The van der Waals surface area contributed by atoms with Crippen LogP contribution in [0.5, 0.6) is 0 Å². The number of allylic oxidation sites excluding steroid dienone is 2. The molecule has 0 bridgehead atoms. The van der Waals surface area contributed by atoms with Gasteiger partial charge in [0.15, 0.2) is 6.10 Å². The van der Waals surface area contributed by atoms with E-state index in [1.165, 1.54) is 321 Å². The molecule has 0 aliphatic heterocycles. The summed E-state index contributed by atoms with van der Waals surface area (Å²) in [7, 11) is 0. The molecule has 0 fully saturated rings. The van der Waals surface area contributed by atoms with Gasteiger partial charge in [-0.05, 0) is 44.9 Å². The predicted molar refractivity (Wildman–Crippen MR) is 349 cm³/mol. The largest absolute Gasteiger partial charge is 0.462 e. The van der Waals surface area contributed by atoms with Crippen LogP contribution >= 0.6 is 0 Å². The third kappa shape index (κ3) is 66.9. The van der Waals surface area contributed by atoms with Crippen LogP contribution in [0, 0.1) is 0 Å². The van der Waals surface area contributed by atoms with Crippen LogP contribution in [0.25, 0.3) is 0 Å². The lowest BCUT2D eigenvalue weighted by Gasteiger charge is -2.18. The fraction of sp³-hybridized carbons (Fsp3) is 0.932. The number of hydrogen-bond acceptors (Lipinski definition) is 6. The molecule has 0 aliphatic rings. The van der Waals surface area contributed by atoms with Crippen molar-refractivity contribution in [2.45, 2.75) is 431 Å². The highest BCUT2D eigenvalue weighted by Crippen LogP contribution is 2.19. The molecule has 1 unspecified atom stereocenters. The van der Waals surface area contributed by atoms with Crippen molar-refractivity contribution in [2.75, 3.05) is 13.2 Å². The summed E-state index contributed by atoms with van der Waals surface area (Å²) in [5, 5.41) is 0. The van der Waals surface area contributed by atoms with Crippen molar-refractivity contribution in [1.82, 2.24) is 0 Å². The third-order valence-electron chi connectivity index (χ3n) is 17.0. The second-order valence-electron chi connectivity index (χ2n) is 25.2. The van der Waals surface area contributed by atoms with Crippen molar-refractivity contribution in [3.8, 4) is 0 Å². The number of esters is 3. The minimum absolute atomic E-state index is 0.0636. The molecule has 0 N–H and O–H groups in total. The van der Waals surface area contributed by atoms with Crippen LogP contribution in [0.3, 0.4) is 0 Å². The second-order valence-corrected chi connectivity index (χ2v) is 25.2. The van der Waals surface area contributed by atoms with E-state index in [9.17, 15) is 14.4 Å². The molecule has 0 amide bonds. The molecule has 0 spiro atoms. The van der Waals surface area contributed by atoms with Crippen molar-refractivity contribution in [1.29, 1.82) is 0 Å². The first-order chi connectivity index (χ1) is 39.5. The Kier molecular flexibility index (Phi) is 68.0. The Morgan fingerprint density at radius 2 is 0.412 bits per heavy atom. The average molecular weight is 1130 g/mol.